The molecule has 0 radical (unpaired) electrons. The topological polar surface area (TPSA) is 70.5 Å². The molecule has 0 aliphatic rings. The van der Waals surface area contributed by atoms with Crippen molar-refractivity contribution in [2.75, 3.05) is 11.5 Å². The van der Waals surface area contributed by atoms with E-state index in [-0.39, 0.29) is 0 Å². The van der Waals surface area contributed by atoms with Crippen LogP contribution in [0.5, 0.6) is 23.0 Å². The zero-order chi connectivity index (χ0) is 20.1. The third-order valence-electron chi connectivity index (χ3n) is 4.18. The number of benzene rings is 4. The molecule has 144 valence electrons. The van der Waals surface area contributed by atoms with Crippen LogP contribution in [0.2, 0.25) is 0 Å². The number of anilines is 2. The average molecular weight is 401 g/mol. The second-order valence-electron chi connectivity index (χ2n) is 6.32. The van der Waals surface area contributed by atoms with Crippen LogP contribution in [0.15, 0.2) is 107 Å². The molecular weight excluding hydrogens is 380 g/mol. The molecule has 4 N–H and O–H groups in total. The summed E-state index contributed by atoms with van der Waals surface area (Å²) >= 11 is 1.66. The Morgan fingerprint density at radius 3 is 1.24 bits per heavy atom. The van der Waals surface area contributed by atoms with Gasteiger partial charge < -0.3 is 20.9 Å². The Kier molecular flexibility index (Phi) is 5.59. The van der Waals surface area contributed by atoms with Crippen LogP contribution in [-0.4, -0.2) is 0 Å². The van der Waals surface area contributed by atoms with Crippen LogP contribution in [0.25, 0.3) is 0 Å². The second kappa shape index (κ2) is 8.63. The lowest BCUT2D eigenvalue weighted by Crippen LogP contribution is -1.91. The van der Waals surface area contributed by atoms with E-state index >= 15 is 0 Å². The molecule has 0 saturated heterocycles. The van der Waals surface area contributed by atoms with Gasteiger partial charge in [-0.15, -0.1) is 0 Å². The maximum absolute atomic E-state index is 5.92. The van der Waals surface area contributed by atoms with Gasteiger partial charge in [-0.2, -0.15) is 0 Å². The Bertz CT molecular complexity index is 1010. The molecule has 0 heterocycles. The van der Waals surface area contributed by atoms with Crippen molar-refractivity contribution < 1.29 is 9.47 Å². The third kappa shape index (κ3) is 4.83. The van der Waals surface area contributed by atoms with Crippen LogP contribution in [-0.2, 0) is 0 Å². The minimum absolute atomic E-state index is 0.616. The molecule has 0 aliphatic heterocycles. The van der Waals surface area contributed by atoms with E-state index in [4.69, 9.17) is 20.9 Å². The van der Waals surface area contributed by atoms with Crippen molar-refractivity contribution in [3.63, 3.8) is 0 Å². The SMILES string of the molecule is Nc1ccccc1Oc1ccc(Sc2ccc(Oc3ccccc3N)cc2)cc1. The Morgan fingerprint density at radius 1 is 0.483 bits per heavy atom. The standard InChI is InChI=1S/C24H20N2O2S/c25-21-5-1-3-7-23(21)27-17-9-13-19(14-10-17)29-20-15-11-18(12-16-20)28-24-8-4-2-6-22(24)26/h1-16H,25-26H2. The molecule has 4 aromatic carbocycles. The van der Waals surface area contributed by atoms with Crippen LogP contribution in [0.3, 0.4) is 0 Å². The predicted molar refractivity (Wildman–Crippen MR) is 119 cm³/mol. The number of para-hydroxylation sites is 4. The molecule has 0 aromatic heterocycles. The Labute approximate surface area is 174 Å². The number of ether oxygens (including phenoxy) is 2. The predicted octanol–water partition coefficient (Wildman–Crippen LogP) is 6.59. The Hall–Kier alpha value is -3.57. The molecule has 0 saturated carbocycles. The van der Waals surface area contributed by atoms with Crippen LogP contribution in [0.1, 0.15) is 0 Å². The summed E-state index contributed by atoms with van der Waals surface area (Å²) in [6.07, 6.45) is 0. The zero-order valence-electron chi connectivity index (χ0n) is 15.6. The summed E-state index contributed by atoms with van der Waals surface area (Å²) in [7, 11) is 0. The van der Waals surface area contributed by atoms with Gasteiger partial charge in [-0.25, -0.2) is 0 Å². The van der Waals surface area contributed by atoms with Gasteiger partial charge in [-0.05, 0) is 72.8 Å². The van der Waals surface area contributed by atoms with Crippen molar-refractivity contribution in [1.29, 1.82) is 0 Å². The van der Waals surface area contributed by atoms with Gasteiger partial charge in [-0.1, -0.05) is 36.0 Å². The highest BCUT2D eigenvalue weighted by Gasteiger charge is 2.04. The molecule has 29 heavy (non-hydrogen) atoms. The van der Waals surface area contributed by atoms with Crippen molar-refractivity contribution in [2.24, 2.45) is 0 Å². The summed E-state index contributed by atoms with van der Waals surface area (Å²) < 4.78 is 11.7. The monoisotopic (exact) mass is 400 g/mol. The lowest BCUT2D eigenvalue weighted by atomic mass is 10.3. The first-order chi connectivity index (χ1) is 14.2. The molecule has 0 bridgehead atoms. The van der Waals surface area contributed by atoms with Crippen LogP contribution in [0.4, 0.5) is 11.4 Å². The molecule has 4 rings (SSSR count). The Balaban J connectivity index is 1.39. The molecular formula is C24H20N2O2S. The van der Waals surface area contributed by atoms with Gasteiger partial charge in [0.2, 0.25) is 0 Å². The highest BCUT2D eigenvalue weighted by molar-refractivity contribution is 7.99. The lowest BCUT2D eigenvalue weighted by Gasteiger charge is -2.10. The average Bonchev–Trinajstić information content (AvgIpc) is 2.74. The highest BCUT2D eigenvalue weighted by Crippen LogP contribution is 2.33. The van der Waals surface area contributed by atoms with E-state index in [1.807, 2.05) is 97.1 Å². The molecule has 0 aliphatic carbocycles. The first kappa shape index (κ1) is 18.8. The molecule has 0 amide bonds. The van der Waals surface area contributed by atoms with Crippen molar-refractivity contribution in [2.45, 2.75) is 9.79 Å². The van der Waals surface area contributed by atoms with Crippen LogP contribution >= 0.6 is 11.8 Å². The quantitative estimate of drug-likeness (QED) is 0.357. The minimum Gasteiger partial charge on any atom is -0.455 e. The molecule has 5 heteroatoms. The summed E-state index contributed by atoms with van der Waals surface area (Å²) in [5.74, 6) is 2.80. The van der Waals surface area contributed by atoms with E-state index in [2.05, 4.69) is 0 Å². The van der Waals surface area contributed by atoms with Gasteiger partial charge in [0.25, 0.3) is 0 Å². The number of hydrogen-bond donors (Lipinski definition) is 2. The van der Waals surface area contributed by atoms with Gasteiger partial charge in [0.05, 0.1) is 11.4 Å². The zero-order valence-corrected chi connectivity index (χ0v) is 16.4. The van der Waals surface area contributed by atoms with Crippen molar-refractivity contribution in [3.05, 3.63) is 97.1 Å². The summed E-state index contributed by atoms with van der Waals surface area (Å²) in [5, 5.41) is 0. The van der Waals surface area contributed by atoms with E-state index in [0.717, 1.165) is 21.3 Å². The first-order valence-corrected chi connectivity index (χ1v) is 9.92. The molecule has 4 aromatic rings. The molecule has 4 nitrogen and oxygen atoms in total. The van der Waals surface area contributed by atoms with Crippen LogP contribution in [0, 0.1) is 0 Å². The first-order valence-electron chi connectivity index (χ1n) is 9.10. The van der Waals surface area contributed by atoms with Gasteiger partial charge in [0.15, 0.2) is 0 Å². The van der Waals surface area contributed by atoms with E-state index in [0.29, 0.717) is 22.9 Å². The third-order valence-corrected chi connectivity index (χ3v) is 5.19. The number of nitrogen functional groups attached to an aromatic ring is 2. The van der Waals surface area contributed by atoms with Gasteiger partial charge in [0, 0.05) is 9.79 Å². The smallest absolute Gasteiger partial charge is 0.150 e. The number of nitrogens with two attached hydrogens (primary N) is 2. The fourth-order valence-corrected chi connectivity index (χ4v) is 3.50. The van der Waals surface area contributed by atoms with Gasteiger partial charge >= 0.3 is 0 Å². The summed E-state index contributed by atoms with van der Waals surface area (Å²) in [4.78, 5) is 2.22. The van der Waals surface area contributed by atoms with Gasteiger partial charge in [-0.3, -0.25) is 0 Å². The second-order valence-corrected chi connectivity index (χ2v) is 7.47. The van der Waals surface area contributed by atoms with Crippen molar-refractivity contribution in [1.82, 2.24) is 0 Å². The maximum Gasteiger partial charge on any atom is 0.150 e. The summed E-state index contributed by atoms with van der Waals surface area (Å²) in [6.45, 7) is 0. The van der Waals surface area contributed by atoms with E-state index in [1.165, 1.54) is 0 Å². The maximum atomic E-state index is 5.92. The Morgan fingerprint density at radius 2 is 0.862 bits per heavy atom. The minimum atomic E-state index is 0.616. The number of hydrogen-bond acceptors (Lipinski definition) is 5. The molecule has 0 atom stereocenters. The fourth-order valence-electron chi connectivity index (χ4n) is 2.69. The summed E-state index contributed by atoms with van der Waals surface area (Å²) in [5.41, 5.74) is 13.1. The van der Waals surface area contributed by atoms with E-state index < -0.39 is 0 Å². The fraction of sp³-hybridized carbons (Fsp3) is 0. The van der Waals surface area contributed by atoms with Gasteiger partial charge in [0.1, 0.15) is 23.0 Å². The molecule has 0 fully saturated rings. The normalized spacial score (nSPS) is 10.5. The molecule has 0 unspecified atom stereocenters. The van der Waals surface area contributed by atoms with Crippen molar-refractivity contribution >= 4 is 23.1 Å². The number of rotatable bonds is 6. The highest BCUT2D eigenvalue weighted by atomic mass is 32.2. The lowest BCUT2D eigenvalue weighted by molar-refractivity contribution is 0.484. The van der Waals surface area contributed by atoms with E-state index in [1.54, 1.807) is 11.8 Å². The summed E-state index contributed by atoms with van der Waals surface area (Å²) in [6, 6.07) is 30.7. The van der Waals surface area contributed by atoms with Crippen molar-refractivity contribution in [3.8, 4) is 23.0 Å². The molecule has 0 spiro atoms. The largest absolute Gasteiger partial charge is 0.455 e. The van der Waals surface area contributed by atoms with Crippen LogP contribution < -0.4 is 20.9 Å². The van der Waals surface area contributed by atoms with E-state index in [9.17, 15) is 0 Å².